The minimum atomic E-state index is -4.52. The molecule has 0 fully saturated rings. The third-order valence-corrected chi connectivity index (χ3v) is 2.12. The Labute approximate surface area is 101 Å². The number of rotatable bonds is 2. The molecule has 0 radical (unpaired) electrons. The standard InChI is InChI=1S/C10H10ClF3N2O/c1-5(15)9(17)16-8-3-6(10(12,13)14)2-7(11)4-8/h2-5H,15H2,1H3,(H,16,17)/t5-/m0/s1. The largest absolute Gasteiger partial charge is 0.416 e. The first-order valence-corrected chi connectivity index (χ1v) is 5.02. The van der Waals surface area contributed by atoms with Crippen molar-refractivity contribution >= 4 is 23.2 Å². The first kappa shape index (κ1) is 13.8. The Balaban J connectivity index is 3.02. The fraction of sp³-hybridized carbons (Fsp3) is 0.300. The van der Waals surface area contributed by atoms with Crippen LogP contribution < -0.4 is 11.1 Å². The molecule has 0 saturated heterocycles. The highest BCUT2D eigenvalue weighted by atomic mass is 35.5. The van der Waals surface area contributed by atoms with Crippen LogP contribution in [0, 0.1) is 0 Å². The molecule has 3 N–H and O–H groups in total. The van der Waals surface area contributed by atoms with Crippen molar-refractivity contribution in [1.29, 1.82) is 0 Å². The number of nitrogens with two attached hydrogens (primary N) is 1. The van der Waals surface area contributed by atoms with E-state index in [0.717, 1.165) is 12.1 Å². The Morgan fingerprint density at radius 3 is 2.47 bits per heavy atom. The van der Waals surface area contributed by atoms with Crippen molar-refractivity contribution in [2.24, 2.45) is 5.73 Å². The summed E-state index contributed by atoms with van der Waals surface area (Å²) in [5, 5.41) is 2.13. The second kappa shape index (κ2) is 4.93. The van der Waals surface area contributed by atoms with Crippen LogP contribution in [0.1, 0.15) is 12.5 Å². The third-order valence-electron chi connectivity index (χ3n) is 1.91. The Bertz CT molecular complexity index is 432. The molecule has 1 aromatic rings. The van der Waals surface area contributed by atoms with Crippen LogP contribution in [0.15, 0.2) is 18.2 Å². The van der Waals surface area contributed by atoms with Crippen molar-refractivity contribution in [2.45, 2.75) is 19.1 Å². The molecule has 0 aliphatic carbocycles. The van der Waals surface area contributed by atoms with Crippen LogP contribution in [0.4, 0.5) is 18.9 Å². The number of carbonyl (C=O) groups excluding carboxylic acids is 1. The maximum Gasteiger partial charge on any atom is 0.416 e. The molecule has 0 aliphatic heterocycles. The average molecular weight is 267 g/mol. The van der Waals surface area contributed by atoms with Crippen LogP contribution in [0.25, 0.3) is 0 Å². The highest BCUT2D eigenvalue weighted by Gasteiger charge is 2.31. The fourth-order valence-corrected chi connectivity index (χ4v) is 1.32. The highest BCUT2D eigenvalue weighted by Crippen LogP contribution is 2.33. The molecule has 1 aromatic carbocycles. The lowest BCUT2D eigenvalue weighted by molar-refractivity contribution is -0.137. The highest BCUT2D eigenvalue weighted by molar-refractivity contribution is 6.31. The van der Waals surface area contributed by atoms with Gasteiger partial charge < -0.3 is 11.1 Å². The van der Waals surface area contributed by atoms with Crippen molar-refractivity contribution in [3.63, 3.8) is 0 Å². The molecular weight excluding hydrogens is 257 g/mol. The summed E-state index contributed by atoms with van der Waals surface area (Å²) in [7, 11) is 0. The zero-order valence-corrected chi connectivity index (χ0v) is 9.56. The lowest BCUT2D eigenvalue weighted by Gasteiger charge is -2.12. The van der Waals surface area contributed by atoms with Gasteiger partial charge in [-0.3, -0.25) is 4.79 Å². The van der Waals surface area contributed by atoms with Gasteiger partial charge in [-0.2, -0.15) is 13.2 Å². The van der Waals surface area contributed by atoms with Gasteiger partial charge in [0.25, 0.3) is 0 Å². The molecule has 0 bridgehead atoms. The van der Waals surface area contributed by atoms with E-state index in [1.54, 1.807) is 0 Å². The molecule has 7 heteroatoms. The normalized spacial score (nSPS) is 13.3. The van der Waals surface area contributed by atoms with Crippen molar-refractivity contribution in [2.75, 3.05) is 5.32 Å². The number of nitrogens with one attached hydrogen (secondary N) is 1. The van der Waals surface area contributed by atoms with Crippen molar-refractivity contribution < 1.29 is 18.0 Å². The molecule has 17 heavy (non-hydrogen) atoms. The first-order valence-electron chi connectivity index (χ1n) is 4.64. The van der Waals surface area contributed by atoms with E-state index >= 15 is 0 Å². The van der Waals surface area contributed by atoms with E-state index in [1.807, 2.05) is 0 Å². The molecule has 0 unspecified atom stereocenters. The maximum atomic E-state index is 12.4. The van der Waals surface area contributed by atoms with Crippen molar-refractivity contribution in [3.8, 4) is 0 Å². The summed E-state index contributed by atoms with van der Waals surface area (Å²) in [5.41, 5.74) is 4.32. The quantitative estimate of drug-likeness (QED) is 0.865. The summed E-state index contributed by atoms with van der Waals surface area (Å²) in [6, 6.07) is 1.98. The van der Waals surface area contributed by atoms with Gasteiger partial charge in [0.1, 0.15) is 0 Å². The first-order chi connectivity index (χ1) is 7.70. The number of halogens is 4. The molecule has 0 aliphatic rings. The molecule has 0 spiro atoms. The second-order valence-electron chi connectivity index (χ2n) is 3.50. The minimum absolute atomic E-state index is 0.0351. The minimum Gasteiger partial charge on any atom is -0.325 e. The summed E-state index contributed by atoms with van der Waals surface area (Å²) < 4.78 is 37.3. The topological polar surface area (TPSA) is 55.1 Å². The number of benzene rings is 1. The van der Waals surface area contributed by atoms with Crippen LogP contribution in [0.3, 0.4) is 0 Å². The number of anilines is 1. The summed E-state index contributed by atoms with van der Waals surface area (Å²) in [5.74, 6) is -0.583. The van der Waals surface area contributed by atoms with Gasteiger partial charge in [-0.25, -0.2) is 0 Å². The van der Waals surface area contributed by atoms with E-state index in [9.17, 15) is 18.0 Å². The second-order valence-corrected chi connectivity index (χ2v) is 3.94. The summed E-state index contributed by atoms with van der Waals surface area (Å²) in [6.45, 7) is 1.42. The van der Waals surface area contributed by atoms with Crippen LogP contribution in [0.5, 0.6) is 0 Å². The van der Waals surface area contributed by atoms with E-state index in [-0.39, 0.29) is 10.7 Å². The van der Waals surface area contributed by atoms with Gasteiger partial charge in [-0.05, 0) is 25.1 Å². The fourth-order valence-electron chi connectivity index (χ4n) is 1.08. The van der Waals surface area contributed by atoms with Crippen LogP contribution in [-0.4, -0.2) is 11.9 Å². The molecular formula is C10H10ClF3N2O. The predicted octanol–water partition coefficient (Wildman–Crippen LogP) is 2.64. The Hall–Kier alpha value is -1.27. The molecule has 3 nitrogen and oxygen atoms in total. The number of hydrogen-bond acceptors (Lipinski definition) is 2. The van der Waals surface area contributed by atoms with Crippen molar-refractivity contribution in [1.82, 2.24) is 0 Å². The Morgan fingerprint density at radius 1 is 1.41 bits per heavy atom. The molecule has 0 heterocycles. The molecule has 0 aromatic heterocycles. The summed E-state index contributed by atoms with van der Waals surface area (Å²) in [6.07, 6.45) is -4.52. The Kier molecular flexibility index (Phi) is 4.00. The van der Waals surface area contributed by atoms with E-state index in [4.69, 9.17) is 17.3 Å². The van der Waals surface area contributed by atoms with Crippen molar-refractivity contribution in [3.05, 3.63) is 28.8 Å². The van der Waals surface area contributed by atoms with E-state index in [0.29, 0.717) is 0 Å². The summed E-state index contributed by atoms with van der Waals surface area (Å²) in [4.78, 5) is 11.2. The maximum absolute atomic E-state index is 12.4. The number of alkyl halides is 3. The lowest BCUT2D eigenvalue weighted by atomic mass is 10.2. The monoisotopic (exact) mass is 266 g/mol. The van der Waals surface area contributed by atoms with E-state index in [2.05, 4.69) is 5.32 Å². The van der Waals surface area contributed by atoms with E-state index in [1.165, 1.54) is 13.0 Å². The Morgan fingerprint density at radius 2 is 2.00 bits per heavy atom. The molecule has 1 atom stereocenters. The predicted molar refractivity (Wildman–Crippen MR) is 58.7 cm³/mol. The zero-order chi connectivity index (χ0) is 13.2. The number of amides is 1. The lowest BCUT2D eigenvalue weighted by Crippen LogP contribution is -2.32. The van der Waals surface area contributed by atoms with E-state index < -0.39 is 23.7 Å². The molecule has 1 amide bonds. The SMILES string of the molecule is C[C@H](N)C(=O)Nc1cc(Cl)cc(C(F)(F)F)c1. The summed E-state index contributed by atoms with van der Waals surface area (Å²) >= 11 is 5.54. The van der Waals surface area contributed by atoms with Crippen LogP contribution >= 0.6 is 11.6 Å². The molecule has 94 valence electrons. The van der Waals surface area contributed by atoms with Gasteiger partial charge in [0.05, 0.1) is 11.6 Å². The smallest absolute Gasteiger partial charge is 0.325 e. The zero-order valence-electron chi connectivity index (χ0n) is 8.81. The van der Waals surface area contributed by atoms with Crippen LogP contribution in [-0.2, 0) is 11.0 Å². The molecule has 1 rings (SSSR count). The van der Waals surface area contributed by atoms with Gasteiger partial charge in [-0.1, -0.05) is 11.6 Å². The molecule has 0 saturated carbocycles. The van der Waals surface area contributed by atoms with Gasteiger partial charge in [0, 0.05) is 10.7 Å². The van der Waals surface area contributed by atoms with Gasteiger partial charge in [0.2, 0.25) is 5.91 Å². The van der Waals surface area contributed by atoms with Gasteiger partial charge in [0.15, 0.2) is 0 Å². The third kappa shape index (κ3) is 3.90. The number of carbonyl (C=O) groups is 1. The number of hydrogen-bond donors (Lipinski definition) is 2. The average Bonchev–Trinajstić information content (AvgIpc) is 2.15. The van der Waals surface area contributed by atoms with Crippen LogP contribution in [0.2, 0.25) is 5.02 Å². The van der Waals surface area contributed by atoms with Gasteiger partial charge >= 0.3 is 6.18 Å². The van der Waals surface area contributed by atoms with Gasteiger partial charge in [-0.15, -0.1) is 0 Å².